The van der Waals surface area contributed by atoms with Crippen molar-refractivity contribution in [1.29, 1.82) is 0 Å². The molecule has 0 bridgehead atoms. The molecule has 2 rings (SSSR count). The van der Waals surface area contributed by atoms with Crippen LogP contribution in [0.25, 0.3) is 0 Å². The zero-order chi connectivity index (χ0) is 15.3. The molecule has 1 saturated heterocycles. The molecule has 1 aromatic rings. The molecule has 1 atom stereocenters. The predicted octanol–water partition coefficient (Wildman–Crippen LogP) is 2.65. The lowest BCUT2D eigenvalue weighted by Gasteiger charge is -2.35. The number of hydrogen-bond acceptors (Lipinski definition) is 4. The molecule has 1 aliphatic heterocycles. The quantitative estimate of drug-likeness (QED) is 0.779. The van der Waals surface area contributed by atoms with E-state index in [0.29, 0.717) is 6.04 Å². The van der Waals surface area contributed by atoms with Crippen molar-refractivity contribution in [3.05, 3.63) is 29.8 Å². The molecule has 0 saturated carbocycles. The summed E-state index contributed by atoms with van der Waals surface area (Å²) in [5, 5.41) is 12.8. The summed E-state index contributed by atoms with van der Waals surface area (Å²) in [4.78, 5) is 2.46. The average molecular weight is 345 g/mol. The fourth-order valence-electron chi connectivity index (χ4n) is 2.79. The first-order chi connectivity index (χ1) is 9.99. The van der Waals surface area contributed by atoms with Crippen molar-refractivity contribution in [1.82, 2.24) is 10.2 Å². The monoisotopic (exact) mass is 344 g/mol. The number of piperazine rings is 1. The molecule has 0 aliphatic carbocycles. The number of nitrogens with zero attached hydrogens (tertiary/aromatic N) is 1. The van der Waals surface area contributed by atoms with E-state index in [2.05, 4.69) is 54.1 Å². The van der Waals surface area contributed by atoms with Crippen LogP contribution >= 0.6 is 12.4 Å². The maximum Gasteiger partial charge on any atom is 0.242 e. The van der Waals surface area contributed by atoms with Gasteiger partial charge in [0.2, 0.25) is 8.32 Å². The van der Waals surface area contributed by atoms with Crippen molar-refractivity contribution in [2.24, 2.45) is 0 Å². The first-order valence-electron chi connectivity index (χ1n) is 7.84. The molecule has 0 aromatic heterocycles. The molecule has 126 valence electrons. The van der Waals surface area contributed by atoms with Crippen LogP contribution in [0.1, 0.15) is 18.0 Å². The van der Waals surface area contributed by atoms with Gasteiger partial charge in [-0.15, -0.1) is 12.4 Å². The molecule has 0 unspecified atom stereocenters. The van der Waals surface area contributed by atoms with Crippen LogP contribution in [0, 0.1) is 0 Å². The Bertz CT molecular complexity index is 431. The molecule has 2 N–H and O–H groups in total. The number of hydrogen-bond donors (Lipinski definition) is 2. The van der Waals surface area contributed by atoms with Gasteiger partial charge in [-0.3, -0.25) is 4.90 Å². The van der Waals surface area contributed by atoms with Crippen molar-refractivity contribution in [2.45, 2.75) is 32.1 Å². The highest BCUT2D eigenvalue weighted by Crippen LogP contribution is 2.27. The summed E-state index contributed by atoms with van der Waals surface area (Å²) in [7, 11) is -1.55. The van der Waals surface area contributed by atoms with Gasteiger partial charge < -0.3 is 14.8 Å². The lowest BCUT2D eigenvalue weighted by Crippen LogP contribution is -2.45. The molecule has 1 aliphatic rings. The summed E-state index contributed by atoms with van der Waals surface area (Å²) >= 11 is 0. The number of aliphatic hydroxyl groups is 1. The van der Waals surface area contributed by atoms with E-state index in [4.69, 9.17) is 4.43 Å². The lowest BCUT2D eigenvalue weighted by atomic mass is 10.0. The van der Waals surface area contributed by atoms with Crippen LogP contribution in [0.15, 0.2) is 24.3 Å². The SMILES string of the molecule is C[Si](C)(C)Oc1ccc([C@H](CCO)N2CCNCC2)cc1.Cl. The van der Waals surface area contributed by atoms with Crippen LogP contribution in [0.3, 0.4) is 0 Å². The van der Waals surface area contributed by atoms with Gasteiger partial charge in [-0.2, -0.15) is 0 Å². The first kappa shape index (κ1) is 19.5. The Hall–Kier alpha value is -0.593. The molecule has 4 nitrogen and oxygen atoms in total. The standard InChI is InChI=1S/C16H28N2O2Si.ClH/c1-21(2,3)20-15-6-4-14(5-7-15)16(8-13-19)18-11-9-17-10-12-18;/h4-7,16-17,19H,8-13H2,1-3H3;1H/t16-;/m0./s1. The van der Waals surface area contributed by atoms with Gasteiger partial charge >= 0.3 is 0 Å². The van der Waals surface area contributed by atoms with Crippen molar-refractivity contribution in [3.8, 4) is 5.75 Å². The van der Waals surface area contributed by atoms with Gasteiger partial charge in [0.05, 0.1) is 0 Å². The Kier molecular flexibility index (Phi) is 7.86. The predicted molar refractivity (Wildman–Crippen MR) is 96.6 cm³/mol. The Balaban J connectivity index is 0.00000242. The van der Waals surface area contributed by atoms with Gasteiger partial charge in [0.1, 0.15) is 5.75 Å². The average Bonchev–Trinajstić information content (AvgIpc) is 2.45. The van der Waals surface area contributed by atoms with Crippen molar-refractivity contribution in [3.63, 3.8) is 0 Å². The van der Waals surface area contributed by atoms with Crippen LogP contribution in [-0.4, -0.2) is 51.1 Å². The highest BCUT2D eigenvalue weighted by atomic mass is 35.5. The molecule has 1 heterocycles. The molecule has 0 amide bonds. The van der Waals surface area contributed by atoms with E-state index in [1.54, 1.807) is 0 Å². The van der Waals surface area contributed by atoms with E-state index < -0.39 is 8.32 Å². The molecule has 22 heavy (non-hydrogen) atoms. The fraction of sp³-hybridized carbons (Fsp3) is 0.625. The summed E-state index contributed by atoms with van der Waals surface area (Å²) in [5.74, 6) is 0.959. The van der Waals surface area contributed by atoms with E-state index in [0.717, 1.165) is 38.3 Å². The zero-order valence-corrected chi connectivity index (χ0v) is 15.7. The Morgan fingerprint density at radius 1 is 1.18 bits per heavy atom. The summed E-state index contributed by atoms with van der Waals surface area (Å²) < 4.78 is 6.01. The third-order valence-corrected chi connectivity index (χ3v) is 4.53. The first-order valence-corrected chi connectivity index (χ1v) is 11.2. The Morgan fingerprint density at radius 2 is 1.77 bits per heavy atom. The van der Waals surface area contributed by atoms with Crippen molar-refractivity contribution in [2.75, 3.05) is 32.8 Å². The molecule has 6 heteroatoms. The minimum Gasteiger partial charge on any atom is -0.544 e. The van der Waals surface area contributed by atoms with Gasteiger partial charge in [-0.1, -0.05) is 12.1 Å². The Morgan fingerprint density at radius 3 is 2.27 bits per heavy atom. The van der Waals surface area contributed by atoms with Crippen LogP contribution in [0.4, 0.5) is 0 Å². The van der Waals surface area contributed by atoms with Crippen LogP contribution < -0.4 is 9.74 Å². The topological polar surface area (TPSA) is 44.7 Å². The minimum atomic E-state index is -1.55. The fourth-order valence-corrected chi connectivity index (χ4v) is 3.63. The maximum absolute atomic E-state index is 9.37. The van der Waals surface area contributed by atoms with Gasteiger partial charge in [-0.05, 0) is 43.8 Å². The normalized spacial score (nSPS) is 17.6. The second-order valence-electron chi connectivity index (χ2n) is 6.60. The number of aliphatic hydroxyl groups excluding tert-OH is 1. The molecule has 0 spiro atoms. The highest BCUT2D eigenvalue weighted by Gasteiger charge is 2.22. The van der Waals surface area contributed by atoms with Gasteiger partial charge in [-0.25, -0.2) is 0 Å². The maximum atomic E-state index is 9.37. The molecular weight excluding hydrogens is 316 g/mol. The summed E-state index contributed by atoms with van der Waals surface area (Å²) in [6, 6.07) is 8.74. The third kappa shape index (κ3) is 5.89. The van der Waals surface area contributed by atoms with E-state index >= 15 is 0 Å². The van der Waals surface area contributed by atoms with Gasteiger partial charge in [0, 0.05) is 38.8 Å². The Labute approximate surface area is 141 Å². The minimum absolute atomic E-state index is 0. The van der Waals surface area contributed by atoms with Gasteiger partial charge in [0.15, 0.2) is 0 Å². The summed E-state index contributed by atoms with van der Waals surface area (Å²) in [6.45, 7) is 10.9. The van der Waals surface area contributed by atoms with Crippen LogP contribution in [0.5, 0.6) is 5.75 Å². The molecule has 1 fully saturated rings. The van der Waals surface area contributed by atoms with Crippen molar-refractivity contribution >= 4 is 20.7 Å². The summed E-state index contributed by atoms with van der Waals surface area (Å²) in [6.07, 6.45) is 0.786. The van der Waals surface area contributed by atoms with E-state index in [9.17, 15) is 5.11 Å². The number of rotatable bonds is 6. The smallest absolute Gasteiger partial charge is 0.242 e. The number of benzene rings is 1. The second-order valence-corrected chi connectivity index (χ2v) is 11.0. The number of nitrogens with one attached hydrogen (secondary N) is 1. The number of halogens is 1. The van der Waals surface area contributed by atoms with Crippen molar-refractivity contribution < 1.29 is 9.53 Å². The van der Waals surface area contributed by atoms with Crippen LogP contribution in [-0.2, 0) is 0 Å². The van der Waals surface area contributed by atoms with Gasteiger partial charge in [0.25, 0.3) is 0 Å². The van der Waals surface area contributed by atoms with E-state index in [1.807, 2.05) is 0 Å². The lowest BCUT2D eigenvalue weighted by molar-refractivity contribution is 0.141. The molecular formula is C16H29ClN2O2Si. The van der Waals surface area contributed by atoms with E-state index in [-0.39, 0.29) is 19.0 Å². The molecule has 1 aromatic carbocycles. The van der Waals surface area contributed by atoms with E-state index in [1.165, 1.54) is 5.56 Å². The molecule has 0 radical (unpaired) electrons. The summed E-state index contributed by atoms with van der Waals surface area (Å²) in [5.41, 5.74) is 1.27. The third-order valence-electron chi connectivity index (χ3n) is 3.68. The highest BCUT2D eigenvalue weighted by molar-refractivity contribution is 6.70. The largest absolute Gasteiger partial charge is 0.544 e. The second kappa shape index (κ2) is 8.89. The zero-order valence-electron chi connectivity index (χ0n) is 13.8. The van der Waals surface area contributed by atoms with Crippen LogP contribution in [0.2, 0.25) is 19.6 Å².